The van der Waals surface area contributed by atoms with E-state index in [-0.39, 0.29) is 23.6 Å². The Labute approximate surface area is 175 Å². The summed E-state index contributed by atoms with van der Waals surface area (Å²) in [7, 11) is 3.26. The molecule has 1 aromatic carbocycles. The molecule has 1 amide bonds. The lowest BCUT2D eigenvalue weighted by atomic mass is 9.95. The number of ether oxygens (including phenoxy) is 1. The zero-order chi connectivity index (χ0) is 20.5. The van der Waals surface area contributed by atoms with Crippen molar-refractivity contribution in [2.24, 2.45) is 7.05 Å². The number of likely N-dealkylation sites (tertiary alicyclic amines) is 1. The van der Waals surface area contributed by atoms with E-state index in [1.165, 1.54) is 24.6 Å². The minimum absolute atomic E-state index is 0.0173. The number of hydrogen-bond donors (Lipinski definition) is 0. The summed E-state index contributed by atoms with van der Waals surface area (Å²) in [5, 5.41) is 5.11. The molecule has 156 valence electrons. The van der Waals surface area contributed by atoms with Crippen LogP contribution in [-0.4, -0.2) is 45.4 Å². The highest BCUT2D eigenvalue weighted by Gasteiger charge is 2.32. The van der Waals surface area contributed by atoms with Gasteiger partial charge in [0.15, 0.2) is 0 Å². The number of rotatable bonds is 4. The summed E-state index contributed by atoms with van der Waals surface area (Å²) < 4.78 is 8.72. The molecule has 8 heteroatoms. The Balaban J connectivity index is 1.50. The number of nitrogens with zero attached hydrogens (tertiary/aromatic N) is 4. The molecule has 0 bridgehead atoms. The van der Waals surface area contributed by atoms with Gasteiger partial charge in [0.05, 0.1) is 12.7 Å². The van der Waals surface area contributed by atoms with E-state index in [9.17, 15) is 9.59 Å². The van der Waals surface area contributed by atoms with Crippen molar-refractivity contribution in [2.45, 2.75) is 50.5 Å². The highest BCUT2D eigenvalue weighted by Crippen LogP contribution is 2.34. The van der Waals surface area contributed by atoms with Gasteiger partial charge in [0, 0.05) is 37.1 Å². The zero-order valence-electron chi connectivity index (χ0n) is 16.9. The fourth-order valence-electron chi connectivity index (χ4n) is 4.64. The molecule has 1 saturated carbocycles. The van der Waals surface area contributed by atoms with Gasteiger partial charge in [-0.2, -0.15) is 5.10 Å². The Morgan fingerprint density at radius 3 is 2.52 bits per heavy atom. The van der Waals surface area contributed by atoms with Gasteiger partial charge in [-0.3, -0.25) is 9.36 Å². The Kier molecular flexibility index (Phi) is 5.67. The molecule has 7 nitrogen and oxygen atoms in total. The second-order valence-corrected chi connectivity index (χ2v) is 8.42. The topological polar surface area (TPSA) is 69.4 Å². The second kappa shape index (κ2) is 8.22. The summed E-state index contributed by atoms with van der Waals surface area (Å²) in [6.45, 7) is 1.26. The molecule has 1 aliphatic heterocycles. The first-order chi connectivity index (χ1) is 14.0. The van der Waals surface area contributed by atoms with E-state index in [4.69, 9.17) is 16.3 Å². The van der Waals surface area contributed by atoms with Crippen molar-refractivity contribution in [1.82, 2.24) is 19.2 Å². The van der Waals surface area contributed by atoms with Crippen LogP contribution in [0.3, 0.4) is 0 Å². The molecule has 2 fully saturated rings. The molecule has 1 saturated heterocycles. The van der Waals surface area contributed by atoms with Crippen LogP contribution in [0.4, 0.5) is 0 Å². The van der Waals surface area contributed by atoms with Gasteiger partial charge in [0.2, 0.25) is 0 Å². The predicted octanol–water partition coefficient (Wildman–Crippen LogP) is 3.38. The van der Waals surface area contributed by atoms with Crippen LogP contribution < -0.4 is 10.4 Å². The summed E-state index contributed by atoms with van der Waals surface area (Å²) in [6, 6.07) is 5.35. The van der Waals surface area contributed by atoms with Gasteiger partial charge >= 0.3 is 5.69 Å². The lowest BCUT2D eigenvalue weighted by Gasteiger charge is -2.32. The van der Waals surface area contributed by atoms with Gasteiger partial charge in [-0.25, -0.2) is 9.48 Å². The molecule has 0 spiro atoms. The highest BCUT2D eigenvalue weighted by molar-refractivity contribution is 6.30. The number of hydrogen-bond acceptors (Lipinski definition) is 4. The average Bonchev–Trinajstić information content (AvgIpc) is 3.36. The molecule has 29 heavy (non-hydrogen) atoms. The number of carbonyl (C=O) groups excluding carboxylic acids is 1. The summed E-state index contributed by atoms with van der Waals surface area (Å²) >= 11 is 6.01. The van der Waals surface area contributed by atoms with Crippen LogP contribution in [0.2, 0.25) is 5.02 Å². The molecule has 2 aromatic rings. The van der Waals surface area contributed by atoms with E-state index >= 15 is 0 Å². The van der Waals surface area contributed by atoms with Gasteiger partial charge < -0.3 is 9.64 Å². The first-order valence-corrected chi connectivity index (χ1v) is 10.7. The van der Waals surface area contributed by atoms with Crippen molar-refractivity contribution in [1.29, 1.82) is 0 Å². The first-order valence-electron chi connectivity index (χ1n) is 10.3. The predicted molar refractivity (Wildman–Crippen MR) is 111 cm³/mol. The number of amides is 1. The number of piperidine rings is 1. The molecule has 0 radical (unpaired) electrons. The summed E-state index contributed by atoms with van der Waals surface area (Å²) in [5.41, 5.74) is 0.507. The average molecular weight is 419 g/mol. The summed E-state index contributed by atoms with van der Waals surface area (Å²) in [5.74, 6) is 1.52. The maximum atomic E-state index is 13.0. The van der Waals surface area contributed by atoms with Crippen molar-refractivity contribution < 1.29 is 9.53 Å². The summed E-state index contributed by atoms with van der Waals surface area (Å²) in [6.07, 6.45) is 6.02. The van der Waals surface area contributed by atoms with E-state index < -0.39 is 0 Å². The Bertz CT molecular complexity index is 953. The SMILES string of the molecule is COc1cc(Cl)ccc1C(=O)N1CCC(c2nn(C)c(=O)n2C2CCCC2)CC1. The van der Waals surface area contributed by atoms with E-state index in [1.807, 2.05) is 9.47 Å². The Morgan fingerprint density at radius 1 is 1.17 bits per heavy atom. The molecule has 0 atom stereocenters. The van der Waals surface area contributed by atoms with E-state index in [0.29, 0.717) is 29.4 Å². The molecule has 0 N–H and O–H groups in total. The number of aryl methyl sites for hydroxylation is 1. The monoisotopic (exact) mass is 418 g/mol. The number of carbonyl (C=O) groups is 1. The van der Waals surface area contributed by atoms with Crippen LogP contribution in [0.15, 0.2) is 23.0 Å². The minimum atomic E-state index is -0.0498. The van der Waals surface area contributed by atoms with Gasteiger partial charge in [-0.15, -0.1) is 0 Å². The molecular formula is C21H27ClN4O3. The maximum Gasteiger partial charge on any atom is 0.345 e. The number of aromatic nitrogens is 3. The van der Waals surface area contributed by atoms with Gasteiger partial charge in [-0.1, -0.05) is 24.4 Å². The third-order valence-corrected chi connectivity index (χ3v) is 6.45. The van der Waals surface area contributed by atoms with E-state index in [0.717, 1.165) is 31.5 Å². The van der Waals surface area contributed by atoms with Crippen molar-refractivity contribution in [3.63, 3.8) is 0 Å². The molecule has 1 aromatic heterocycles. The third kappa shape index (κ3) is 3.80. The van der Waals surface area contributed by atoms with Crippen LogP contribution in [0.1, 0.15) is 66.7 Å². The largest absolute Gasteiger partial charge is 0.496 e. The fraction of sp³-hybridized carbons (Fsp3) is 0.571. The lowest BCUT2D eigenvalue weighted by molar-refractivity contribution is 0.0706. The van der Waals surface area contributed by atoms with Crippen LogP contribution in [-0.2, 0) is 7.05 Å². The Hall–Kier alpha value is -2.28. The van der Waals surface area contributed by atoms with E-state index in [2.05, 4.69) is 5.10 Å². The fourth-order valence-corrected chi connectivity index (χ4v) is 4.80. The molecule has 2 heterocycles. The number of benzene rings is 1. The molecule has 0 unspecified atom stereocenters. The number of methoxy groups -OCH3 is 1. The lowest BCUT2D eigenvalue weighted by Crippen LogP contribution is -2.39. The van der Waals surface area contributed by atoms with Gasteiger partial charge in [0.1, 0.15) is 11.6 Å². The summed E-state index contributed by atoms with van der Waals surface area (Å²) in [4.78, 5) is 27.5. The van der Waals surface area contributed by atoms with Crippen LogP contribution >= 0.6 is 11.6 Å². The quantitative estimate of drug-likeness (QED) is 0.763. The van der Waals surface area contributed by atoms with Crippen molar-refractivity contribution in [2.75, 3.05) is 20.2 Å². The normalized spacial score (nSPS) is 18.4. The molecule has 2 aliphatic rings. The van der Waals surface area contributed by atoms with E-state index in [1.54, 1.807) is 25.2 Å². The van der Waals surface area contributed by atoms with Crippen molar-refractivity contribution >= 4 is 17.5 Å². The standard InChI is InChI=1S/C21H27ClN4O3/c1-24-21(28)26(16-5-3-4-6-16)19(23-24)14-9-11-25(12-10-14)20(27)17-8-7-15(22)13-18(17)29-2/h7-8,13-14,16H,3-6,9-12H2,1-2H3. The highest BCUT2D eigenvalue weighted by atomic mass is 35.5. The first kappa shape index (κ1) is 20.0. The van der Waals surface area contributed by atoms with Gasteiger partial charge in [0.25, 0.3) is 5.91 Å². The maximum absolute atomic E-state index is 13.0. The van der Waals surface area contributed by atoms with Crippen LogP contribution in [0.5, 0.6) is 5.75 Å². The zero-order valence-corrected chi connectivity index (χ0v) is 17.7. The number of halogens is 1. The third-order valence-electron chi connectivity index (χ3n) is 6.21. The minimum Gasteiger partial charge on any atom is -0.496 e. The second-order valence-electron chi connectivity index (χ2n) is 7.98. The van der Waals surface area contributed by atoms with Crippen molar-refractivity contribution in [3.8, 4) is 5.75 Å². The van der Waals surface area contributed by atoms with Crippen LogP contribution in [0.25, 0.3) is 0 Å². The Morgan fingerprint density at radius 2 is 1.86 bits per heavy atom. The van der Waals surface area contributed by atoms with Crippen LogP contribution in [0, 0.1) is 0 Å². The van der Waals surface area contributed by atoms with Crippen molar-refractivity contribution in [3.05, 3.63) is 45.1 Å². The smallest absolute Gasteiger partial charge is 0.345 e. The van der Waals surface area contributed by atoms with Gasteiger partial charge in [-0.05, 0) is 43.9 Å². The molecule has 1 aliphatic carbocycles. The molecular weight excluding hydrogens is 392 g/mol. The molecule has 4 rings (SSSR count).